The second-order valence-electron chi connectivity index (χ2n) is 2.98. The minimum atomic E-state index is -1.21. The summed E-state index contributed by atoms with van der Waals surface area (Å²) in [4.78, 5) is 24.7. The minimum absolute atomic E-state index is 0.0590. The van der Waals surface area contributed by atoms with Crippen molar-refractivity contribution < 1.29 is 19.1 Å². The Morgan fingerprint density at radius 3 is 2.80 bits per heavy atom. The molecular formula is C8H11N3O4. The molecule has 0 aliphatic heterocycles. The number of aromatic nitrogens is 1. The molecule has 0 saturated heterocycles. The zero-order chi connectivity index (χ0) is 11.4. The number of carbonyl (C=O) groups excluding carboxylic acids is 1. The summed E-state index contributed by atoms with van der Waals surface area (Å²) in [5.74, 6) is -1.65. The average molecular weight is 213 g/mol. The predicted molar refractivity (Wildman–Crippen MR) is 48.8 cm³/mol. The molecule has 1 aromatic rings. The van der Waals surface area contributed by atoms with Gasteiger partial charge in [0.25, 0.3) is 0 Å². The first-order valence-corrected chi connectivity index (χ1v) is 4.23. The third kappa shape index (κ3) is 2.78. The van der Waals surface area contributed by atoms with Gasteiger partial charge in [0.1, 0.15) is 0 Å². The van der Waals surface area contributed by atoms with E-state index in [0.29, 0.717) is 0 Å². The molecule has 0 aliphatic rings. The quantitative estimate of drug-likeness (QED) is 0.611. The molecule has 1 aromatic heterocycles. The van der Waals surface area contributed by atoms with Crippen LogP contribution in [0.2, 0.25) is 0 Å². The third-order valence-electron chi connectivity index (χ3n) is 1.84. The van der Waals surface area contributed by atoms with Gasteiger partial charge in [-0.1, -0.05) is 0 Å². The number of aromatic carboxylic acids is 1. The largest absolute Gasteiger partial charge is 0.476 e. The molecule has 0 spiro atoms. The van der Waals surface area contributed by atoms with Crippen molar-refractivity contribution in [3.8, 4) is 0 Å². The van der Waals surface area contributed by atoms with E-state index in [0.717, 1.165) is 6.39 Å². The molecule has 0 aromatic carbocycles. The first-order valence-electron chi connectivity index (χ1n) is 4.23. The molecule has 0 aliphatic carbocycles. The molecular weight excluding hydrogens is 202 g/mol. The fourth-order valence-corrected chi connectivity index (χ4v) is 1.11. The highest BCUT2D eigenvalue weighted by Crippen LogP contribution is 2.19. The van der Waals surface area contributed by atoms with Gasteiger partial charge in [0.15, 0.2) is 17.8 Å². The third-order valence-corrected chi connectivity index (χ3v) is 1.84. The summed E-state index contributed by atoms with van der Waals surface area (Å²) in [5, 5.41) is 8.71. The zero-order valence-electron chi connectivity index (χ0n) is 7.84. The van der Waals surface area contributed by atoms with Crippen LogP contribution < -0.4 is 11.5 Å². The van der Waals surface area contributed by atoms with Crippen molar-refractivity contribution in [3.05, 3.63) is 17.8 Å². The summed E-state index contributed by atoms with van der Waals surface area (Å²) >= 11 is 0. The number of rotatable bonds is 5. The topological polar surface area (TPSA) is 132 Å². The summed E-state index contributed by atoms with van der Waals surface area (Å²) in [5.41, 5.74) is 10.3. The summed E-state index contributed by atoms with van der Waals surface area (Å²) in [6.45, 7) is 0. The van der Waals surface area contributed by atoms with Gasteiger partial charge in [0.2, 0.25) is 5.91 Å². The molecule has 0 saturated carbocycles. The highest BCUT2D eigenvalue weighted by Gasteiger charge is 2.21. The summed E-state index contributed by atoms with van der Waals surface area (Å²) in [6, 6.07) is -0.689. The van der Waals surface area contributed by atoms with E-state index in [9.17, 15) is 9.59 Å². The Labute approximate surface area is 85.1 Å². The van der Waals surface area contributed by atoms with Crippen molar-refractivity contribution in [2.45, 2.75) is 18.9 Å². The first kappa shape index (κ1) is 11.2. The van der Waals surface area contributed by atoms with Crippen LogP contribution in [0.25, 0.3) is 0 Å². The molecule has 1 rings (SSSR count). The molecule has 7 heteroatoms. The normalized spacial score (nSPS) is 12.3. The van der Waals surface area contributed by atoms with Gasteiger partial charge in [-0.2, -0.15) is 0 Å². The highest BCUT2D eigenvalue weighted by molar-refractivity contribution is 5.86. The Morgan fingerprint density at radius 1 is 1.60 bits per heavy atom. The molecule has 0 radical (unpaired) electrons. The van der Waals surface area contributed by atoms with Gasteiger partial charge in [-0.05, 0) is 6.42 Å². The van der Waals surface area contributed by atoms with Gasteiger partial charge < -0.3 is 21.0 Å². The fourth-order valence-electron chi connectivity index (χ4n) is 1.11. The zero-order valence-corrected chi connectivity index (χ0v) is 7.84. The Hall–Kier alpha value is -1.89. The van der Waals surface area contributed by atoms with E-state index >= 15 is 0 Å². The van der Waals surface area contributed by atoms with Crippen LogP contribution in [0.1, 0.15) is 35.1 Å². The number of amides is 1. The van der Waals surface area contributed by atoms with E-state index in [1.807, 2.05) is 0 Å². The molecule has 7 nitrogen and oxygen atoms in total. The van der Waals surface area contributed by atoms with E-state index in [4.69, 9.17) is 21.0 Å². The van der Waals surface area contributed by atoms with Gasteiger partial charge in [-0.3, -0.25) is 4.79 Å². The Morgan fingerprint density at radius 2 is 2.27 bits per heavy atom. The number of carboxylic acid groups (broad SMARTS) is 1. The van der Waals surface area contributed by atoms with Gasteiger partial charge >= 0.3 is 5.97 Å². The Kier molecular flexibility index (Phi) is 3.40. The van der Waals surface area contributed by atoms with Crippen LogP contribution in [0.5, 0.6) is 0 Å². The smallest absolute Gasteiger partial charge is 0.358 e. The maximum absolute atomic E-state index is 10.7. The maximum Gasteiger partial charge on any atom is 0.358 e. The van der Waals surface area contributed by atoms with Gasteiger partial charge in [-0.25, -0.2) is 9.78 Å². The van der Waals surface area contributed by atoms with Crippen LogP contribution in [-0.4, -0.2) is 22.0 Å². The van der Waals surface area contributed by atoms with E-state index in [1.54, 1.807) is 0 Å². The van der Waals surface area contributed by atoms with E-state index in [2.05, 4.69) is 4.98 Å². The Balaban J connectivity index is 2.73. The van der Waals surface area contributed by atoms with Gasteiger partial charge in [-0.15, -0.1) is 0 Å². The van der Waals surface area contributed by atoms with Crippen molar-refractivity contribution in [1.29, 1.82) is 0 Å². The van der Waals surface area contributed by atoms with Crippen molar-refractivity contribution in [2.24, 2.45) is 11.5 Å². The standard InChI is InChI=1S/C8H11N3O4/c9-4(1-2-5(10)12)7-6(8(13)14)11-3-15-7/h3-4H,1-2,9H2,(H2,10,12)(H,13,14)/t4-/m0/s1. The van der Waals surface area contributed by atoms with E-state index in [-0.39, 0.29) is 24.3 Å². The summed E-state index contributed by atoms with van der Waals surface area (Å²) in [7, 11) is 0. The molecule has 5 N–H and O–H groups in total. The highest BCUT2D eigenvalue weighted by atomic mass is 16.4. The number of nitrogens with two attached hydrogens (primary N) is 2. The first-order chi connectivity index (χ1) is 7.02. The summed E-state index contributed by atoms with van der Waals surface area (Å²) in [6.07, 6.45) is 1.30. The number of oxazole rings is 1. The fraction of sp³-hybridized carbons (Fsp3) is 0.375. The molecule has 15 heavy (non-hydrogen) atoms. The number of carboxylic acids is 1. The minimum Gasteiger partial charge on any atom is -0.476 e. The van der Waals surface area contributed by atoms with Crippen LogP contribution in [0, 0.1) is 0 Å². The molecule has 1 atom stereocenters. The lowest BCUT2D eigenvalue weighted by molar-refractivity contribution is -0.118. The molecule has 82 valence electrons. The van der Waals surface area contributed by atoms with E-state index in [1.165, 1.54) is 0 Å². The lowest BCUT2D eigenvalue weighted by Crippen LogP contribution is -2.18. The lowest BCUT2D eigenvalue weighted by atomic mass is 10.1. The maximum atomic E-state index is 10.7. The molecule has 0 bridgehead atoms. The number of hydrogen-bond acceptors (Lipinski definition) is 5. The van der Waals surface area contributed by atoms with Gasteiger partial charge in [0.05, 0.1) is 6.04 Å². The molecule has 0 unspecified atom stereocenters. The summed E-state index contributed by atoms with van der Waals surface area (Å²) < 4.78 is 4.85. The number of nitrogens with zero attached hydrogens (tertiary/aromatic N) is 1. The second kappa shape index (κ2) is 4.56. The monoisotopic (exact) mass is 213 g/mol. The van der Waals surface area contributed by atoms with Crippen LogP contribution in [0.3, 0.4) is 0 Å². The molecule has 0 fully saturated rings. The van der Waals surface area contributed by atoms with Crippen molar-refractivity contribution in [2.75, 3.05) is 0 Å². The number of hydrogen-bond donors (Lipinski definition) is 3. The number of carbonyl (C=O) groups is 2. The predicted octanol–water partition coefficient (Wildman–Crippen LogP) is -0.362. The van der Waals surface area contributed by atoms with Crippen LogP contribution in [0.15, 0.2) is 10.8 Å². The van der Waals surface area contributed by atoms with Crippen LogP contribution in [0.4, 0.5) is 0 Å². The van der Waals surface area contributed by atoms with Crippen molar-refractivity contribution in [3.63, 3.8) is 0 Å². The SMILES string of the molecule is NC(=O)CC[C@H](N)c1ocnc1C(=O)O. The van der Waals surface area contributed by atoms with Crippen molar-refractivity contribution >= 4 is 11.9 Å². The average Bonchev–Trinajstić information content (AvgIpc) is 2.62. The van der Waals surface area contributed by atoms with Gasteiger partial charge in [0, 0.05) is 6.42 Å². The molecule has 1 amide bonds. The number of primary amides is 1. The lowest BCUT2D eigenvalue weighted by Gasteiger charge is -2.06. The Bertz CT molecular complexity index is 374. The van der Waals surface area contributed by atoms with Crippen LogP contribution >= 0.6 is 0 Å². The second-order valence-corrected chi connectivity index (χ2v) is 2.98. The molecule has 1 heterocycles. The van der Waals surface area contributed by atoms with Crippen LogP contribution in [-0.2, 0) is 4.79 Å². The van der Waals surface area contributed by atoms with E-state index < -0.39 is 17.9 Å². The van der Waals surface area contributed by atoms with Crippen molar-refractivity contribution in [1.82, 2.24) is 4.98 Å².